The van der Waals surface area contributed by atoms with Crippen molar-refractivity contribution in [2.45, 2.75) is 84.0 Å². The normalized spacial score (nSPS) is 10.3. The molecule has 1 aromatic carbocycles. The molecule has 2 aromatic rings. The Bertz CT molecular complexity index is 711. The van der Waals surface area contributed by atoms with Gasteiger partial charge in [0.2, 0.25) is 6.20 Å². The maximum absolute atomic E-state index is 11.9. The lowest BCUT2D eigenvalue weighted by atomic mass is 10.1. The zero-order valence-corrected chi connectivity index (χ0v) is 20.2. The third kappa shape index (κ3) is 13.2. The van der Waals surface area contributed by atoms with E-state index in [0.29, 0.717) is 18.0 Å². The Morgan fingerprint density at radius 3 is 1.97 bits per heavy atom. The topological polar surface area (TPSA) is 61.7 Å². The predicted molar refractivity (Wildman–Crippen MR) is 126 cm³/mol. The lowest BCUT2D eigenvalue weighted by Crippen LogP contribution is -3.00. The second kappa shape index (κ2) is 18.3. The number of benzene rings is 1. The predicted octanol–water partition coefficient (Wildman–Crippen LogP) is 4.55. The molecule has 1 aromatic heterocycles. The molecule has 0 aliphatic carbocycles. The van der Waals surface area contributed by atoms with Crippen LogP contribution >= 0.6 is 0 Å². The molecule has 0 aliphatic rings. The summed E-state index contributed by atoms with van der Waals surface area (Å²) < 4.78 is 11.0. The largest absolute Gasteiger partial charge is 1.00 e. The number of halogens is 1. The van der Waals surface area contributed by atoms with Gasteiger partial charge in [0.25, 0.3) is 0 Å². The van der Waals surface area contributed by atoms with Gasteiger partial charge in [-0.05, 0) is 36.8 Å². The van der Waals surface area contributed by atoms with Crippen molar-refractivity contribution in [1.82, 2.24) is 0 Å². The van der Waals surface area contributed by atoms with Crippen molar-refractivity contribution >= 4 is 11.8 Å². The third-order valence-corrected chi connectivity index (χ3v) is 5.25. The van der Waals surface area contributed by atoms with E-state index in [2.05, 4.69) is 17.2 Å². The monoisotopic (exact) mass is 462 g/mol. The molecule has 0 radical (unpaired) electrons. The van der Waals surface area contributed by atoms with Crippen LogP contribution in [0.3, 0.4) is 0 Å². The Hall–Kier alpha value is -2.27. The molecule has 32 heavy (non-hydrogen) atoms. The number of rotatable bonds is 16. The van der Waals surface area contributed by atoms with E-state index in [0.717, 1.165) is 18.6 Å². The Morgan fingerprint density at radius 1 is 0.812 bits per heavy atom. The van der Waals surface area contributed by atoms with Gasteiger partial charge in [-0.25, -0.2) is 9.78 Å². The molecule has 0 atom stereocenters. The molecule has 1 heterocycles. The average molecular weight is 463 g/mol. The number of aromatic amines is 1. The summed E-state index contributed by atoms with van der Waals surface area (Å²) in [5.74, 6) is 1.43. The van der Waals surface area contributed by atoms with Crippen molar-refractivity contribution in [3.63, 3.8) is 0 Å². The number of carbonyl (C=O) groups is 1. The fourth-order valence-electron chi connectivity index (χ4n) is 3.44. The number of pyridine rings is 1. The summed E-state index contributed by atoms with van der Waals surface area (Å²) in [6.45, 7) is 2.73. The first-order valence-corrected chi connectivity index (χ1v) is 12.0. The first-order chi connectivity index (χ1) is 15.3. The maximum atomic E-state index is 11.9. The summed E-state index contributed by atoms with van der Waals surface area (Å²) in [5, 5.41) is 2.75. The van der Waals surface area contributed by atoms with Crippen LogP contribution in [0, 0.1) is 0 Å². The van der Waals surface area contributed by atoms with Crippen molar-refractivity contribution in [2.24, 2.45) is 0 Å². The van der Waals surface area contributed by atoms with Crippen LogP contribution in [-0.2, 0) is 4.74 Å². The van der Waals surface area contributed by atoms with Crippen molar-refractivity contribution < 1.29 is 31.7 Å². The van der Waals surface area contributed by atoms with E-state index in [-0.39, 0.29) is 12.4 Å². The van der Waals surface area contributed by atoms with Gasteiger partial charge in [-0.1, -0.05) is 77.6 Å². The van der Waals surface area contributed by atoms with Crippen LogP contribution in [0.15, 0.2) is 48.8 Å². The van der Waals surface area contributed by atoms with E-state index in [1.165, 1.54) is 64.2 Å². The van der Waals surface area contributed by atoms with E-state index in [4.69, 9.17) is 9.47 Å². The number of hydrogen-bond acceptors (Lipinski definition) is 3. The molecule has 2 rings (SSSR count). The number of carbonyl (C=O) groups excluding carboxylic acids is 1. The second-order valence-corrected chi connectivity index (χ2v) is 8.02. The van der Waals surface area contributed by atoms with Gasteiger partial charge < -0.3 is 21.9 Å². The highest BCUT2D eigenvalue weighted by Crippen LogP contribution is 2.21. The number of H-pyrrole nitrogens is 1. The summed E-state index contributed by atoms with van der Waals surface area (Å²) in [6, 6.07) is 11.0. The van der Waals surface area contributed by atoms with Crippen LogP contribution in [0.25, 0.3) is 0 Å². The molecule has 2 N–H and O–H groups in total. The molecule has 5 nitrogen and oxygen atoms in total. The van der Waals surface area contributed by atoms with Crippen LogP contribution in [0.5, 0.6) is 11.5 Å². The molecule has 0 bridgehead atoms. The molecular weight excluding hydrogens is 424 g/mol. The molecule has 0 spiro atoms. The standard InChI is InChI=1S/C26H38N2O3.ClH/c1-2-3-4-5-6-7-8-9-10-11-12-13-21-30-26(29)28-23-16-18-24(19-17-23)31-25-15-14-20-27-22-25;/h14-20,22H,2-13,21H2,1H3,(H,28,29);1H. The Morgan fingerprint density at radius 2 is 1.41 bits per heavy atom. The zero-order chi connectivity index (χ0) is 22.0. The van der Waals surface area contributed by atoms with Gasteiger partial charge in [-0.2, -0.15) is 0 Å². The molecule has 0 unspecified atom stereocenters. The van der Waals surface area contributed by atoms with Crippen LogP contribution in [0.1, 0.15) is 84.0 Å². The minimum atomic E-state index is -0.408. The smallest absolute Gasteiger partial charge is 0.411 e. The van der Waals surface area contributed by atoms with Crippen molar-refractivity contribution in [3.05, 3.63) is 48.8 Å². The summed E-state index contributed by atoms with van der Waals surface area (Å²) >= 11 is 0. The van der Waals surface area contributed by atoms with Gasteiger partial charge in [-0.15, -0.1) is 0 Å². The number of unbranched alkanes of at least 4 members (excludes halogenated alkanes) is 11. The second-order valence-electron chi connectivity index (χ2n) is 8.02. The Kier molecular flexibility index (Phi) is 15.9. The SMILES string of the molecule is CCCCCCCCCCCCCCOC(=O)Nc1ccc(Oc2ccc[nH+]c2)cc1.[Cl-]. The lowest BCUT2D eigenvalue weighted by Gasteiger charge is -2.08. The lowest BCUT2D eigenvalue weighted by molar-refractivity contribution is -0.378. The fourth-order valence-corrected chi connectivity index (χ4v) is 3.44. The highest BCUT2D eigenvalue weighted by Gasteiger charge is 2.04. The number of ether oxygens (including phenoxy) is 2. The van der Waals surface area contributed by atoms with E-state index in [9.17, 15) is 4.79 Å². The van der Waals surface area contributed by atoms with Gasteiger partial charge in [0.15, 0.2) is 11.9 Å². The van der Waals surface area contributed by atoms with Crippen LogP contribution in [0.2, 0.25) is 0 Å². The van der Waals surface area contributed by atoms with E-state index < -0.39 is 6.09 Å². The van der Waals surface area contributed by atoms with Crippen LogP contribution in [0.4, 0.5) is 10.5 Å². The molecule has 0 aliphatic heterocycles. The highest BCUT2D eigenvalue weighted by atomic mass is 35.5. The number of hydrogen-bond donors (Lipinski definition) is 1. The molecule has 178 valence electrons. The quantitative estimate of drug-likeness (QED) is 0.372. The van der Waals surface area contributed by atoms with E-state index in [1.54, 1.807) is 18.3 Å². The van der Waals surface area contributed by atoms with Gasteiger partial charge in [0.05, 0.1) is 6.61 Å². The summed E-state index contributed by atoms with van der Waals surface area (Å²) in [7, 11) is 0. The van der Waals surface area contributed by atoms with Crippen LogP contribution in [-0.4, -0.2) is 12.7 Å². The number of nitrogens with one attached hydrogen (secondary N) is 2. The summed E-state index contributed by atoms with van der Waals surface area (Å²) in [6.07, 6.45) is 18.7. The first kappa shape index (κ1) is 27.8. The van der Waals surface area contributed by atoms with Crippen molar-refractivity contribution in [2.75, 3.05) is 11.9 Å². The van der Waals surface area contributed by atoms with Gasteiger partial charge in [0.1, 0.15) is 5.75 Å². The minimum Gasteiger partial charge on any atom is -1.00 e. The summed E-state index contributed by atoms with van der Waals surface area (Å²) in [4.78, 5) is 14.9. The van der Waals surface area contributed by atoms with Crippen LogP contribution < -0.4 is 27.4 Å². The molecule has 0 saturated carbocycles. The Balaban J connectivity index is 0.00000512. The minimum absolute atomic E-state index is 0. The Labute approximate surface area is 199 Å². The zero-order valence-electron chi connectivity index (χ0n) is 19.4. The molecule has 6 heteroatoms. The van der Waals surface area contributed by atoms with Crippen molar-refractivity contribution in [1.29, 1.82) is 0 Å². The molecule has 0 saturated heterocycles. The van der Waals surface area contributed by atoms with Gasteiger partial charge >= 0.3 is 6.09 Å². The summed E-state index contributed by atoms with van der Waals surface area (Å²) in [5.41, 5.74) is 0.687. The van der Waals surface area contributed by atoms with Gasteiger partial charge in [0, 0.05) is 11.8 Å². The maximum Gasteiger partial charge on any atom is 0.411 e. The molecule has 0 fully saturated rings. The number of anilines is 1. The first-order valence-electron chi connectivity index (χ1n) is 12.0. The van der Waals surface area contributed by atoms with Gasteiger partial charge in [-0.3, -0.25) is 5.32 Å². The average Bonchev–Trinajstić information content (AvgIpc) is 2.79. The highest BCUT2D eigenvalue weighted by molar-refractivity contribution is 5.84. The van der Waals surface area contributed by atoms with Crippen molar-refractivity contribution in [3.8, 4) is 11.5 Å². The third-order valence-electron chi connectivity index (χ3n) is 5.25. The molecule has 1 amide bonds. The number of aromatic nitrogens is 1. The van der Waals surface area contributed by atoms with E-state index >= 15 is 0 Å². The molecular formula is C26H39ClN2O3. The number of amides is 1. The van der Waals surface area contributed by atoms with E-state index in [1.807, 2.05) is 30.5 Å². The fraction of sp³-hybridized carbons (Fsp3) is 0.538.